The second-order valence-corrected chi connectivity index (χ2v) is 10.1. The molecule has 0 atom stereocenters. The first-order chi connectivity index (χ1) is 16.1. The number of nitrogens with zero attached hydrogens (tertiary/aromatic N) is 1. The number of amides is 2. The minimum Gasteiger partial charge on any atom is -0.350 e. The average molecular weight is 480 g/mol. The van der Waals surface area contributed by atoms with Gasteiger partial charge in [-0.25, -0.2) is 8.42 Å². The van der Waals surface area contributed by atoms with Gasteiger partial charge in [-0.3, -0.25) is 13.9 Å². The van der Waals surface area contributed by atoms with Crippen LogP contribution in [-0.2, 0) is 26.2 Å². The van der Waals surface area contributed by atoms with E-state index in [-0.39, 0.29) is 23.9 Å². The lowest BCUT2D eigenvalue weighted by atomic mass is 10.1. The third-order valence-electron chi connectivity index (χ3n) is 5.48. The van der Waals surface area contributed by atoms with Gasteiger partial charge < -0.3 is 10.6 Å². The lowest BCUT2D eigenvalue weighted by Gasteiger charge is -2.26. The van der Waals surface area contributed by atoms with Crippen LogP contribution < -0.4 is 14.9 Å². The minimum atomic E-state index is -3.98. The zero-order valence-corrected chi connectivity index (χ0v) is 20.6. The third kappa shape index (κ3) is 6.02. The molecule has 3 aromatic rings. The summed E-state index contributed by atoms with van der Waals surface area (Å²) in [6.07, 6.45) is 0. The molecule has 0 unspecified atom stereocenters. The molecule has 0 saturated carbocycles. The van der Waals surface area contributed by atoms with E-state index < -0.39 is 15.9 Å². The summed E-state index contributed by atoms with van der Waals surface area (Å²) in [7, 11) is -3.98. The highest BCUT2D eigenvalue weighted by molar-refractivity contribution is 7.92. The van der Waals surface area contributed by atoms with Crippen LogP contribution in [0.2, 0.25) is 0 Å². The molecule has 0 spiro atoms. The monoisotopic (exact) mass is 479 g/mol. The first kappa shape index (κ1) is 25.0. The van der Waals surface area contributed by atoms with E-state index in [0.29, 0.717) is 11.4 Å². The second kappa shape index (κ2) is 10.5. The van der Waals surface area contributed by atoms with Gasteiger partial charge >= 0.3 is 0 Å². The van der Waals surface area contributed by atoms with Crippen LogP contribution in [0.15, 0.2) is 71.6 Å². The number of benzene rings is 3. The SMILES string of the molecule is CC(=O)Nc1cccc(CNC(=O)CN(c2cccc(C)c2C)S(=O)(=O)c2ccc(C)cc2)c1. The van der Waals surface area contributed by atoms with Crippen LogP contribution in [0, 0.1) is 20.8 Å². The summed E-state index contributed by atoms with van der Waals surface area (Å²) >= 11 is 0. The normalized spacial score (nSPS) is 11.1. The van der Waals surface area contributed by atoms with Gasteiger partial charge in [0, 0.05) is 19.2 Å². The van der Waals surface area contributed by atoms with E-state index >= 15 is 0 Å². The molecule has 0 aliphatic heterocycles. The molecule has 0 aromatic heterocycles. The van der Waals surface area contributed by atoms with Crippen LogP contribution in [0.3, 0.4) is 0 Å². The van der Waals surface area contributed by atoms with Gasteiger partial charge in [0.15, 0.2) is 0 Å². The van der Waals surface area contributed by atoms with Gasteiger partial charge in [0.1, 0.15) is 6.54 Å². The number of hydrogen-bond acceptors (Lipinski definition) is 4. The summed E-state index contributed by atoms with van der Waals surface area (Å²) in [6.45, 7) is 6.87. The van der Waals surface area contributed by atoms with Crippen molar-refractivity contribution in [2.75, 3.05) is 16.2 Å². The zero-order valence-electron chi connectivity index (χ0n) is 19.8. The highest BCUT2D eigenvalue weighted by Crippen LogP contribution is 2.28. The molecule has 8 heteroatoms. The molecule has 2 N–H and O–H groups in total. The first-order valence-electron chi connectivity index (χ1n) is 10.9. The molecule has 3 aromatic carbocycles. The highest BCUT2D eigenvalue weighted by Gasteiger charge is 2.28. The maximum atomic E-state index is 13.6. The van der Waals surface area contributed by atoms with Crippen LogP contribution in [0.1, 0.15) is 29.2 Å². The van der Waals surface area contributed by atoms with Crippen molar-refractivity contribution in [1.82, 2.24) is 5.32 Å². The quantitative estimate of drug-likeness (QED) is 0.509. The van der Waals surface area contributed by atoms with Gasteiger partial charge in [-0.1, -0.05) is 42.0 Å². The molecule has 7 nitrogen and oxygen atoms in total. The van der Waals surface area contributed by atoms with Crippen molar-refractivity contribution in [1.29, 1.82) is 0 Å². The fourth-order valence-corrected chi connectivity index (χ4v) is 4.97. The van der Waals surface area contributed by atoms with E-state index in [1.54, 1.807) is 54.6 Å². The molecule has 0 radical (unpaired) electrons. The number of carbonyl (C=O) groups excluding carboxylic acids is 2. The van der Waals surface area contributed by atoms with Crippen LogP contribution in [0.25, 0.3) is 0 Å². The van der Waals surface area contributed by atoms with E-state index in [1.165, 1.54) is 6.92 Å². The van der Waals surface area contributed by atoms with E-state index in [4.69, 9.17) is 0 Å². The molecule has 0 bridgehead atoms. The molecular formula is C26H29N3O4S. The van der Waals surface area contributed by atoms with Crippen molar-refractivity contribution in [3.8, 4) is 0 Å². The van der Waals surface area contributed by atoms with Crippen LogP contribution in [0.5, 0.6) is 0 Å². The van der Waals surface area contributed by atoms with E-state index in [0.717, 1.165) is 26.6 Å². The summed E-state index contributed by atoms with van der Waals surface area (Å²) in [6, 6.07) is 19.1. The van der Waals surface area contributed by atoms with Crippen molar-refractivity contribution < 1.29 is 18.0 Å². The Morgan fingerprint density at radius 2 is 1.59 bits per heavy atom. The van der Waals surface area contributed by atoms with Crippen molar-refractivity contribution in [2.24, 2.45) is 0 Å². The van der Waals surface area contributed by atoms with E-state index in [2.05, 4.69) is 10.6 Å². The van der Waals surface area contributed by atoms with E-state index in [1.807, 2.05) is 32.9 Å². The Morgan fingerprint density at radius 1 is 0.912 bits per heavy atom. The number of nitrogens with one attached hydrogen (secondary N) is 2. The Bertz CT molecular complexity index is 1300. The number of rotatable bonds is 8. The molecule has 0 aliphatic rings. The molecule has 0 fully saturated rings. The topological polar surface area (TPSA) is 95.6 Å². The zero-order chi connectivity index (χ0) is 24.9. The maximum absolute atomic E-state index is 13.6. The van der Waals surface area contributed by atoms with Crippen molar-refractivity contribution in [2.45, 2.75) is 39.1 Å². The molecule has 3 rings (SSSR count). The van der Waals surface area contributed by atoms with Crippen LogP contribution in [0.4, 0.5) is 11.4 Å². The lowest BCUT2D eigenvalue weighted by Crippen LogP contribution is -2.41. The van der Waals surface area contributed by atoms with Crippen molar-refractivity contribution >= 4 is 33.2 Å². The smallest absolute Gasteiger partial charge is 0.264 e. The number of anilines is 2. The summed E-state index contributed by atoms with van der Waals surface area (Å²) in [5, 5.41) is 5.49. The van der Waals surface area contributed by atoms with Gasteiger partial charge in [0.05, 0.1) is 10.6 Å². The number of aryl methyl sites for hydroxylation is 2. The van der Waals surface area contributed by atoms with Crippen molar-refractivity contribution in [3.05, 3.63) is 89.0 Å². The van der Waals surface area contributed by atoms with Gasteiger partial charge in [-0.05, 0) is 67.8 Å². The Morgan fingerprint density at radius 3 is 2.26 bits per heavy atom. The van der Waals surface area contributed by atoms with Gasteiger partial charge in [-0.15, -0.1) is 0 Å². The van der Waals surface area contributed by atoms with Crippen LogP contribution >= 0.6 is 0 Å². The Labute approximate surface area is 200 Å². The summed E-state index contributed by atoms with van der Waals surface area (Å²) in [4.78, 5) is 24.3. The molecular weight excluding hydrogens is 450 g/mol. The fourth-order valence-electron chi connectivity index (χ4n) is 3.49. The summed E-state index contributed by atoms with van der Waals surface area (Å²) < 4.78 is 28.3. The summed E-state index contributed by atoms with van der Waals surface area (Å²) in [5.41, 5.74) is 4.52. The molecule has 0 saturated heterocycles. The minimum absolute atomic E-state index is 0.120. The molecule has 178 valence electrons. The number of carbonyl (C=O) groups is 2. The average Bonchev–Trinajstić information content (AvgIpc) is 2.78. The van der Waals surface area contributed by atoms with Crippen LogP contribution in [-0.4, -0.2) is 26.8 Å². The molecule has 0 heterocycles. The predicted octanol–water partition coefficient (Wildman–Crippen LogP) is 4.08. The Hall–Kier alpha value is -3.65. The van der Waals surface area contributed by atoms with Gasteiger partial charge in [-0.2, -0.15) is 0 Å². The van der Waals surface area contributed by atoms with E-state index in [9.17, 15) is 18.0 Å². The molecule has 2 amide bonds. The van der Waals surface area contributed by atoms with Gasteiger partial charge in [0.25, 0.3) is 10.0 Å². The number of hydrogen-bond donors (Lipinski definition) is 2. The number of sulfonamides is 1. The van der Waals surface area contributed by atoms with Crippen molar-refractivity contribution in [3.63, 3.8) is 0 Å². The highest BCUT2D eigenvalue weighted by atomic mass is 32.2. The standard InChI is InChI=1S/C26H29N3O4S/c1-18-11-13-24(14-12-18)34(32,33)29(25-10-5-7-19(2)20(25)3)17-26(31)27-16-22-8-6-9-23(15-22)28-21(4)30/h5-15H,16-17H2,1-4H3,(H,27,31)(H,28,30). The van der Waals surface area contributed by atoms with Gasteiger partial charge in [0.2, 0.25) is 11.8 Å². The second-order valence-electron chi connectivity index (χ2n) is 8.20. The molecule has 0 aliphatic carbocycles. The molecule has 34 heavy (non-hydrogen) atoms. The Balaban J connectivity index is 1.86. The predicted molar refractivity (Wildman–Crippen MR) is 134 cm³/mol. The lowest BCUT2D eigenvalue weighted by molar-refractivity contribution is -0.119. The largest absolute Gasteiger partial charge is 0.350 e. The third-order valence-corrected chi connectivity index (χ3v) is 7.25. The maximum Gasteiger partial charge on any atom is 0.264 e. The fraction of sp³-hybridized carbons (Fsp3) is 0.231. The Kier molecular flexibility index (Phi) is 7.73. The first-order valence-corrected chi connectivity index (χ1v) is 12.3. The summed E-state index contributed by atoms with van der Waals surface area (Å²) in [5.74, 6) is -0.631.